The number of thiazole rings is 1. The van der Waals surface area contributed by atoms with Gasteiger partial charge in [0.25, 0.3) is 0 Å². The predicted octanol–water partition coefficient (Wildman–Crippen LogP) is 3.88. The number of ether oxygens (including phenoxy) is 1. The van der Waals surface area contributed by atoms with Crippen molar-refractivity contribution in [2.75, 3.05) is 18.1 Å². The third-order valence-corrected chi connectivity index (χ3v) is 9.78. The summed E-state index contributed by atoms with van der Waals surface area (Å²) in [6.45, 7) is 14.3. The van der Waals surface area contributed by atoms with E-state index >= 15 is 0 Å². The summed E-state index contributed by atoms with van der Waals surface area (Å²) in [7, 11) is -1.80. The molecule has 0 spiro atoms. The maximum absolute atomic E-state index is 11.7. The van der Waals surface area contributed by atoms with E-state index < -0.39 is 8.32 Å². The van der Waals surface area contributed by atoms with Crippen molar-refractivity contribution in [2.24, 2.45) is 0 Å². The number of carbonyl (C=O) groups excluding carboxylic acids is 1. The summed E-state index contributed by atoms with van der Waals surface area (Å²) >= 11 is 1.47. The highest BCUT2D eigenvalue weighted by molar-refractivity contribution is 7.14. The van der Waals surface area contributed by atoms with Crippen LogP contribution in [0.3, 0.4) is 0 Å². The molecule has 1 aliphatic rings. The van der Waals surface area contributed by atoms with Gasteiger partial charge in [0.15, 0.2) is 19.1 Å². The number of aromatic nitrogens is 1. The fraction of sp³-hybridized carbons (Fsp3) is 0.733. The average Bonchev–Trinajstić information content (AvgIpc) is 2.83. The molecule has 0 aliphatic carbocycles. The number of rotatable bonds is 5. The Morgan fingerprint density at radius 3 is 2.68 bits per heavy atom. The van der Waals surface area contributed by atoms with Gasteiger partial charge < -0.3 is 14.1 Å². The molecular weight excluding hydrogens is 316 g/mol. The van der Waals surface area contributed by atoms with Crippen LogP contribution in [0, 0.1) is 0 Å². The smallest absolute Gasteiger partial charge is 0.357 e. The molecule has 1 fully saturated rings. The van der Waals surface area contributed by atoms with E-state index in [0.717, 1.165) is 18.1 Å². The lowest BCUT2D eigenvalue weighted by molar-refractivity contribution is 0.0520. The SMILES string of the molecule is CCOC(=O)c1csc(N2CCC2O[Si](C)(C)C(C)(C)C)n1. The molecule has 0 saturated carbocycles. The second kappa shape index (κ2) is 6.29. The standard InChI is InChI=1S/C15H26N2O3SSi/c1-7-19-13(18)11-10-21-14(16-11)17-9-8-12(17)20-22(5,6)15(2,3)4/h10,12H,7-9H2,1-6H3. The molecule has 0 aromatic carbocycles. The Morgan fingerprint density at radius 2 is 2.18 bits per heavy atom. The molecule has 0 bridgehead atoms. The zero-order valence-electron chi connectivity index (χ0n) is 14.3. The number of carbonyl (C=O) groups is 1. The molecule has 1 aromatic heterocycles. The van der Waals surface area contributed by atoms with E-state index in [1.54, 1.807) is 12.3 Å². The Morgan fingerprint density at radius 1 is 1.50 bits per heavy atom. The second-order valence-electron chi connectivity index (χ2n) is 7.05. The first-order chi connectivity index (χ1) is 10.2. The highest BCUT2D eigenvalue weighted by atomic mass is 32.1. The first kappa shape index (κ1) is 17.4. The maximum atomic E-state index is 11.7. The minimum absolute atomic E-state index is 0.0853. The largest absolute Gasteiger partial charge is 0.461 e. The van der Waals surface area contributed by atoms with E-state index in [9.17, 15) is 4.79 Å². The summed E-state index contributed by atoms with van der Waals surface area (Å²) in [4.78, 5) is 18.3. The van der Waals surface area contributed by atoms with Gasteiger partial charge in [-0.3, -0.25) is 0 Å². The van der Waals surface area contributed by atoms with Crippen LogP contribution in [0.2, 0.25) is 18.1 Å². The lowest BCUT2D eigenvalue weighted by Gasteiger charge is -2.47. The summed E-state index contributed by atoms with van der Waals surface area (Å²) in [5.41, 5.74) is 0.389. The third-order valence-electron chi connectivity index (χ3n) is 4.42. The molecule has 2 rings (SSSR count). The van der Waals surface area contributed by atoms with Crippen molar-refractivity contribution >= 4 is 30.8 Å². The Bertz CT molecular complexity index is 539. The Kier molecular flexibility index (Phi) is 4.99. The normalized spacial score (nSPS) is 19.0. The molecule has 124 valence electrons. The summed E-state index contributed by atoms with van der Waals surface area (Å²) < 4.78 is 11.4. The van der Waals surface area contributed by atoms with Crippen LogP contribution in [0.4, 0.5) is 5.13 Å². The molecular formula is C15H26N2O3SSi. The van der Waals surface area contributed by atoms with Gasteiger partial charge in [0.05, 0.1) is 6.61 Å². The van der Waals surface area contributed by atoms with Crippen molar-refractivity contribution in [2.45, 2.75) is 58.5 Å². The van der Waals surface area contributed by atoms with Crippen molar-refractivity contribution in [1.29, 1.82) is 0 Å². The van der Waals surface area contributed by atoms with Gasteiger partial charge >= 0.3 is 5.97 Å². The zero-order valence-corrected chi connectivity index (χ0v) is 16.1. The van der Waals surface area contributed by atoms with Crippen LogP contribution < -0.4 is 4.90 Å². The first-order valence-corrected chi connectivity index (χ1v) is 11.5. The number of anilines is 1. The Labute approximate surface area is 137 Å². The Hall–Kier alpha value is -0.923. The number of hydrogen-bond acceptors (Lipinski definition) is 6. The fourth-order valence-corrected chi connectivity index (χ4v) is 4.06. The van der Waals surface area contributed by atoms with Crippen LogP contribution in [0.5, 0.6) is 0 Å². The number of esters is 1. The predicted molar refractivity (Wildman–Crippen MR) is 92.1 cm³/mol. The summed E-state index contributed by atoms with van der Waals surface area (Å²) in [5, 5.41) is 2.79. The topological polar surface area (TPSA) is 51.7 Å². The van der Waals surface area contributed by atoms with Crippen LogP contribution in [-0.2, 0) is 9.16 Å². The molecule has 0 radical (unpaired) electrons. The number of nitrogens with zero attached hydrogens (tertiary/aromatic N) is 2. The molecule has 2 heterocycles. The van der Waals surface area contributed by atoms with E-state index in [-0.39, 0.29) is 17.2 Å². The molecule has 1 saturated heterocycles. The zero-order chi connectivity index (χ0) is 16.5. The van der Waals surface area contributed by atoms with Crippen LogP contribution in [-0.4, -0.2) is 38.7 Å². The lowest BCUT2D eigenvalue weighted by Crippen LogP contribution is -2.56. The molecule has 1 unspecified atom stereocenters. The molecule has 0 amide bonds. The number of hydrogen-bond donors (Lipinski definition) is 0. The van der Waals surface area contributed by atoms with E-state index in [1.165, 1.54) is 11.3 Å². The van der Waals surface area contributed by atoms with Crippen LogP contribution in [0.15, 0.2) is 5.38 Å². The van der Waals surface area contributed by atoms with Crippen LogP contribution in [0.1, 0.15) is 44.6 Å². The van der Waals surface area contributed by atoms with Gasteiger partial charge in [-0.25, -0.2) is 9.78 Å². The van der Waals surface area contributed by atoms with Crippen molar-refractivity contribution < 1.29 is 14.0 Å². The van der Waals surface area contributed by atoms with Crippen molar-refractivity contribution in [3.63, 3.8) is 0 Å². The molecule has 1 aliphatic heterocycles. The van der Waals surface area contributed by atoms with E-state index in [4.69, 9.17) is 9.16 Å². The van der Waals surface area contributed by atoms with Gasteiger partial charge in [-0.2, -0.15) is 0 Å². The maximum Gasteiger partial charge on any atom is 0.357 e. The van der Waals surface area contributed by atoms with Gasteiger partial charge in [-0.15, -0.1) is 11.3 Å². The molecule has 5 nitrogen and oxygen atoms in total. The second-order valence-corrected chi connectivity index (χ2v) is 12.6. The highest BCUT2D eigenvalue weighted by Gasteiger charge is 2.43. The van der Waals surface area contributed by atoms with E-state index in [1.807, 2.05) is 0 Å². The monoisotopic (exact) mass is 342 g/mol. The van der Waals surface area contributed by atoms with Gasteiger partial charge in [0, 0.05) is 18.3 Å². The molecule has 22 heavy (non-hydrogen) atoms. The molecule has 7 heteroatoms. The summed E-state index contributed by atoms with van der Waals surface area (Å²) in [5.74, 6) is -0.354. The Balaban J connectivity index is 2.04. The third kappa shape index (κ3) is 3.52. The van der Waals surface area contributed by atoms with Crippen molar-refractivity contribution in [1.82, 2.24) is 4.98 Å². The summed E-state index contributed by atoms with van der Waals surface area (Å²) in [6, 6.07) is 0. The van der Waals surface area contributed by atoms with Gasteiger partial charge in [0.1, 0.15) is 6.23 Å². The quantitative estimate of drug-likeness (QED) is 0.600. The van der Waals surface area contributed by atoms with Gasteiger partial charge in [-0.1, -0.05) is 20.8 Å². The lowest BCUT2D eigenvalue weighted by atomic mass is 10.2. The highest BCUT2D eigenvalue weighted by Crippen LogP contribution is 2.40. The minimum atomic E-state index is -1.80. The first-order valence-electron chi connectivity index (χ1n) is 7.73. The van der Waals surface area contributed by atoms with Crippen LogP contribution in [0.25, 0.3) is 0 Å². The minimum Gasteiger partial charge on any atom is -0.461 e. The fourth-order valence-electron chi connectivity index (χ4n) is 1.92. The molecule has 1 atom stereocenters. The van der Waals surface area contributed by atoms with Crippen molar-refractivity contribution in [3.8, 4) is 0 Å². The van der Waals surface area contributed by atoms with Crippen LogP contribution >= 0.6 is 11.3 Å². The van der Waals surface area contributed by atoms with E-state index in [0.29, 0.717) is 12.3 Å². The van der Waals surface area contributed by atoms with Gasteiger partial charge in [0.2, 0.25) is 0 Å². The molecule has 1 aromatic rings. The van der Waals surface area contributed by atoms with Crippen molar-refractivity contribution in [3.05, 3.63) is 11.1 Å². The van der Waals surface area contributed by atoms with E-state index in [2.05, 4.69) is 43.7 Å². The summed E-state index contributed by atoms with van der Waals surface area (Å²) in [6.07, 6.45) is 1.10. The average molecular weight is 343 g/mol. The molecule has 0 N–H and O–H groups in total. The van der Waals surface area contributed by atoms with Gasteiger partial charge in [-0.05, 0) is 25.1 Å².